The maximum atomic E-state index is 12.1. The van der Waals surface area contributed by atoms with Gasteiger partial charge in [0.2, 0.25) is 10.0 Å². The lowest BCUT2D eigenvalue weighted by Crippen LogP contribution is -2.29. The SMILES string of the molecule is Cc1ccc(S(=O)(=O)N2CCC(O)C2)cc1. The predicted molar refractivity (Wildman–Crippen MR) is 60.6 cm³/mol. The second kappa shape index (κ2) is 4.16. The van der Waals surface area contributed by atoms with Gasteiger partial charge in [-0.1, -0.05) is 17.7 Å². The van der Waals surface area contributed by atoms with Crippen LogP contribution >= 0.6 is 0 Å². The molecule has 0 radical (unpaired) electrons. The Kier molecular flexibility index (Phi) is 3.01. The molecule has 0 amide bonds. The second-order valence-electron chi connectivity index (χ2n) is 4.12. The number of nitrogens with zero attached hydrogens (tertiary/aromatic N) is 1. The van der Waals surface area contributed by atoms with E-state index >= 15 is 0 Å². The topological polar surface area (TPSA) is 57.6 Å². The molecule has 1 fully saturated rings. The van der Waals surface area contributed by atoms with Crippen molar-refractivity contribution in [3.05, 3.63) is 29.8 Å². The van der Waals surface area contributed by atoms with E-state index in [4.69, 9.17) is 0 Å². The van der Waals surface area contributed by atoms with Crippen molar-refractivity contribution < 1.29 is 13.5 Å². The van der Waals surface area contributed by atoms with Crippen molar-refractivity contribution in [3.63, 3.8) is 0 Å². The fraction of sp³-hybridized carbons (Fsp3) is 0.455. The molecule has 4 nitrogen and oxygen atoms in total. The maximum absolute atomic E-state index is 12.1. The molecule has 1 aromatic rings. The lowest BCUT2D eigenvalue weighted by Gasteiger charge is -2.15. The molecule has 5 heteroatoms. The molecule has 1 unspecified atom stereocenters. The normalized spacial score (nSPS) is 22.5. The van der Waals surface area contributed by atoms with Crippen LogP contribution in [-0.4, -0.2) is 37.0 Å². The summed E-state index contributed by atoms with van der Waals surface area (Å²) in [6.45, 7) is 2.52. The number of aliphatic hydroxyl groups is 1. The highest BCUT2D eigenvalue weighted by Crippen LogP contribution is 2.21. The molecular formula is C11H15NO3S. The van der Waals surface area contributed by atoms with Crippen molar-refractivity contribution in [3.8, 4) is 0 Å². The lowest BCUT2D eigenvalue weighted by atomic mass is 10.2. The van der Waals surface area contributed by atoms with E-state index in [2.05, 4.69) is 0 Å². The minimum absolute atomic E-state index is 0.205. The number of aryl methyl sites for hydroxylation is 1. The number of benzene rings is 1. The number of hydrogen-bond donors (Lipinski definition) is 1. The van der Waals surface area contributed by atoms with Gasteiger partial charge < -0.3 is 5.11 Å². The minimum atomic E-state index is -3.42. The van der Waals surface area contributed by atoms with E-state index in [1.54, 1.807) is 24.3 Å². The molecule has 88 valence electrons. The predicted octanol–water partition coefficient (Wildman–Crippen LogP) is 0.750. The van der Waals surface area contributed by atoms with Crippen molar-refractivity contribution in [2.24, 2.45) is 0 Å². The third-order valence-corrected chi connectivity index (χ3v) is 4.66. The van der Waals surface area contributed by atoms with Gasteiger partial charge in [-0.15, -0.1) is 0 Å². The third kappa shape index (κ3) is 2.11. The number of aliphatic hydroxyl groups excluding tert-OH is 1. The van der Waals surface area contributed by atoms with E-state index in [-0.39, 0.29) is 6.54 Å². The first-order valence-electron chi connectivity index (χ1n) is 5.25. The van der Waals surface area contributed by atoms with Gasteiger partial charge in [0.15, 0.2) is 0 Å². The van der Waals surface area contributed by atoms with E-state index in [0.717, 1.165) is 5.56 Å². The number of β-amino-alcohol motifs (C(OH)–C–C–N with tert-alkyl or cyclic N) is 1. The van der Waals surface area contributed by atoms with Crippen LogP contribution in [0.1, 0.15) is 12.0 Å². The average molecular weight is 241 g/mol. The van der Waals surface area contributed by atoms with Gasteiger partial charge >= 0.3 is 0 Å². The Balaban J connectivity index is 2.29. The fourth-order valence-corrected chi connectivity index (χ4v) is 3.28. The monoisotopic (exact) mass is 241 g/mol. The highest BCUT2D eigenvalue weighted by molar-refractivity contribution is 7.89. The molecule has 0 aromatic heterocycles. The van der Waals surface area contributed by atoms with Gasteiger partial charge in [-0.3, -0.25) is 0 Å². The first-order valence-corrected chi connectivity index (χ1v) is 6.69. The molecule has 2 rings (SSSR count). The molecule has 1 saturated heterocycles. The zero-order valence-electron chi connectivity index (χ0n) is 9.13. The average Bonchev–Trinajstić information content (AvgIpc) is 2.66. The Labute approximate surface area is 95.6 Å². The van der Waals surface area contributed by atoms with E-state index < -0.39 is 16.1 Å². The summed E-state index contributed by atoms with van der Waals surface area (Å²) >= 11 is 0. The van der Waals surface area contributed by atoms with Crippen molar-refractivity contribution >= 4 is 10.0 Å². The summed E-state index contributed by atoms with van der Waals surface area (Å²) < 4.78 is 25.5. The summed E-state index contributed by atoms with van der Waals surface area (Å²) in [4.78, 5) is 0.298. The molecule has 1 atom stereocenters. The quantitative estimate of drug-likeness (QED) is 0.831. The molecular weight excluding hydrogens is 226 g/mol. The number of hydrogen-bond acceptors (Lipinski definition) is 3. The van der Waals surface area contributed by atoms with Gasteiger partial charge in [0, 0.05) is 13.1 Å². The Morgan fingerprint density at radius 1 is 1.31 bits per heavy atom. The van der Waals surface area contributed by atoms with Gasteiger partial charge in [0.1, 0.15) is 0 Å². The Bertz CT molecular complexity index is 467. The van der Waals surface area contributed by atoms with Crippen LogP contribution in [0.5, 0.6) is 0 Å². The van der Waals surface area contributed by atoms with Gasteiger partial charge in [-0.25, -0.2) is 8.42 Å². The summed E-state index contributed by atoms with van der Waals surface area (Å²) in [7, 11) is -3.42. The summed E-state index contributed by atoms with van der Waals surface area (Å²) in [5, 5.41) is 9.35. The Morgan fingerprint density at radius 3 is 2.44 bits per heavy atom. The molecule has 1 aliphatic heterocycles. The zero-order chi connectivity index (χ0) is 11.8. The summed E-state index contributed by atoms with van der Waals surface area (Å²) in [5.41, 5.74) is 1.03. The molecule has 0 bridgehead atoms. The smallest absolute Gasteiger partial charge is 0.243 e. The molecule has 1 heterocycles. The first-order chi connectivity index (χ1) is 7.50. The maximum Gasteiger partial charge on any atom is 0.243 e. The minimum Gasteiger partial charge on any atom is -0.392 e. The van der Waals surface area contributed by atoms with Gasteiger partial charge in [-0.2, -0.15) is 4.31 Å². The number of rotatable bonds is 2. The highest BCUT2D eigenvalue weighted by atomic mass is 32.2. The molecule has 0 saturated carbocycles. The molecule has 1 aromatic carbocycles. The molecule has 1 aliphatic rings. The van der Waals surface area contributed by atoms with Crippen LogP contribution in [0.4, 0.5) is 0 Å². The zero-order valence-corrected chi connectivity index (χ0v) is 9.94. The van der Waals surface area contributed by atoms with Crippen LogP contribution in [0.25, 0.3) is 0 Å². The Morgan fingerprint density at radius 2 is 1.94 bits per heavy atom. The second-order valence-corrected chi connectivity index (χ2v) is 6.06. The largest absolute Gasteiger partial charge is 0.392 e. The summed E-state index contributed by atoms with van der Waals surface area (Å²) in [5.74, 6) is 0. The summed E-state index contributed by atoms with van der Waals surface area (Å²) in [6.07, 6.45) is -0.00863. The molecule has 16 heavy (non-hydrogen) atoms. The fourth-order valence-electron chi connectivity index (χ4n) is 1.79. The van der Waals surface area contributed by atoms with Crippen LogP contribution in [-0.2, 0) is 10.0 Å². The van der Waals surface area contributed by atoms with Crippen molar-refractivity contribution in [2.75, 3.05) is 13.1 Å². The number of sulfonamides is 1. The van der Waals surface area contributed by atoms with E-state index in [0.29, 0.717) is 17.9 Å². The standard InChI is InChI=1S/C11H15NO3S/c1-9-2-4-11(5-3-9)16(14,15)12-7-6-10(13)8-12/h2-5,10,13H,6-8H2,1H3. The Hall–Kier alpha value is -0.910. The van der Waals surface area contributed by atoms with Crippen LogP contribution in [0, 0.1) is 6.92 Å². The first kappa shape index (κ1) is 11.6. The van der Waals surface area contributed by atoms with Crippen molar-refractivity contribution in [2.45, 2.75) is 24.3 Å². The van der Waals surface area contributed by atoms with Crippen LogP contribution < -0.4 is 0 Å². The van der Waals surface area contributed by atoms with Crippen LogP contribution in [0.15, 0.2) is 29.2 Å². The molecule has 0 spiro atoms. The van der Waals surface area contributed by atoms with Crippen molar-refractivity contribution in [1.82, 2.24) is 4.31 Å². The van der Waals surface area contributed by atoms with Gasteiger partial charge in [0.25, 0.3) is 0 Å². The van der Waals surface area contributed by atoms with E-state index in [9.17, 15) is 13.5 Å². The molecule has 0 aliphatic carbocycles. The van der Waals surface area contributed by atoms with Gasteiger partial charge in [-0.05, 0) is 25.5 Å². The van der Waals surface area contributed by atoms with Crippen LogP contribution in [0.2, 0.25) is 0 Å². The van der Waals surface area contributed by atoms with E-state index in [1.807, 2.05) is 6.92 Å². The third-order valence-electron chi connectivity index (χ3n) is 2.78. The van der Waals surface area contributed by atoms with Gasteiger partial charge in [0.05, 0.1) is 11.0 Å². The van der Waals surface area contributed by atoms with Crippen LogP contribution in [0.3, 0.4) is 0 Å². The molecule has 1 N–H and O–H groups in total. The summed E-state index contributed by atoms with van der Waals surface area (Å²) in [6, 6.07) is 6.77. The highest BCUT2D eigenvalue weighted by Gasteiger charge is 2.31. The lowest BCUT2D eigenvalue weighted by molar-refractivity contribution is 0.189. The van der Waals surface area contributed by atoms with Crippen molar-refractivity contribution in [1.29, 1.82) is 0 Å². The van der Waals surface area contributed by atoms with E-state index in [1.165, 1.54) is 4.31 Å².